The number of carbonyl (C=O) groups excluding carboxylic acids is 2. The molecule has 0 radical (unpaired) electrons. The lowest BCUT2D eigenvalue weighted by molar-refractivity contribution is -0.140. The van der Waals surface area contributed by atoms with Gasteiger partial charge in [0.25, 0.3) is 5.91 Å². The van der Waals surface area contributed by atoms with Gasteiger partial charge in [-0.1, -0.05) is 0 Å². The van der Waals surface area contributed by atoms with E-state index in [0.29, 0.717) is 12.1 Å². The zero-order valence-corrected chi connectivity index (χ0v) is 9.68. The van der Waals surface area contributed by atoms with Crippen LogP contribution in [0.5, 0.6) is 0 Å². The minimum Gasteiger partial charge on any atom is -0.468 e. The van der Waals surface area contributed by atoms with E-state index in [-0.39, 0.29) is 0 Å². The van der Waals surface area contributed by atoms with Gasteiger partial charge in [0.05, 0.1) is 12.7 Å². The number of hydrogen-bond donors (Lipinski definition) is 1. The van der Waals surface area contributed by atoms with Crippen molar-refractivity contribution >= 4 is 11.9 Å². The number of nitrogens with one attached hydrogen (secondary N) is 1. The number of ether oxygens (including phenoxy) is 1. The Hall–Kier alpha value is -2.12. The predicted octanol–water partition coefficient (Wildman–Crippen LogP) is 1.75. The molecule has 0 bridgehead atoms. The first-order chi connectivity index (χ1) is 8.75. The molecule has 0 fully saturated rings. The van der Waals surface area contributed by atoms with Gasteiger partial charge in [-0.25, -0.2) is 4.39 Å². The first kappa shape index (κ1) is 14.9. The van der Waals surface area contributed by atoms with Crippen LogP contribution in [-0.4, -0.2) is 25.5 Å². The highest BCUT2D eigenvalue weighted by Crippen LogP contribution is 2.31. The third-order valence-corrected chi connectivity index (χ3v) is 2.15. The van der Waals surface area contributed by atoms with Crippen molar-refractivity contribution in [3.05, 3.63) is 35.1 Å². The summed E-state index contributed by atoms with van der Waals surface area (Å²) in [6.07, 6.45) is -4.90. The Morgan fingerprint density at radius 1 is 1.32 bits per heavy atom. The SMILES string of the molecule is COC(=O)CNC(=O)c1ccc(F)c(C(F)(F)F)c1. The number of benzene rings is 1. The van der Waals surface area contributed by atoms with Crippen LogP contribution in [0.2, 0.25) is 0 Å². The lowest BCUT2D eigenvalue weighted by Crippen LogP contribution is -2.30. The van der Waals surface area contributed by atoms with Gasteiger partial charge in [0.1, 0.15) is 12.4 Å². The van der Waals surface area contributed by atoms with Crippen molar-refractivity contribution in [1.82, 2.24) is 5.32 Å². The van der Waals surface area contributed by atoms with Gasteiger partial charge >= 0.3 is 12.1 Å². The molecule has 0 aliphatic carbocycles. The fraction of sp³-hybridized carbons (Fsp3) is 0.273. The molecule has 1 rings (SSSR count). The third kappa shape index (κ3) is 3.94. The molecule has 0 saturated carbocycles. The summed E-state index contributed by atoms with van der Waals surface area (Å²) in [7, 11) is 1.09. The van der Waals surface area contributed by atoms with Gasteiger partial charge in [-0.3, -0.25) is 9.59 Å². The van der Waals surface area contributed by atoms with Gasteiger partial charge in [-0.15, -0.1) is 0 Å². The Labute approximate surface area is 105 Å². The van der Waals surface area contributed by atoms with Crippen molar-refractivity contribution in [1.29, 1.82) is 0 Å². The highest BCUT2D eigenvalue weighted by molar-refractivity contribution is 5.96. The Balaban J connectivity index is 2.90. The molecule has 19 heavy (non-hydrogen) atoms. The summed E-state index contributed by atoms with van der Waals surface area (Å²) >= 11 is 0. The molecule has 0 heterocycles. The summed E-state index contributed by atoms with van der Waals surface area (Å²) in [5.41, 5.74) is -1.95. The zero-order valence-electron chi connectivity index (χ0n) is 9.68. The number of hydrogen-bond acceptors (Lipinski definition) is 3. The second-order valence-corrected chi connectivity index (χ2v) is 3.45. The van der Waals surface area contributed by atoms with E-state index in [1.165, 1.54) is 0 Å². The monoisotopic (exact) mass is 279 g/mol. The summed E-state index contributed by atoms with van der Waals surface area (Å²) in [6.45, 7) is -0.492. The lowest BCUT2D eigenvalue weighted by Gasteiger charge is -2.10. The number of amides is 1. The van der Waals surface area contributed by atoms with Crippen LogP contribution in [0.15, 0.2) is 18.2 Å². The number of halogens is 4. The number of carbonyl (C=O) groups is 2. The van der Waals surface area contributed by atoms with Crippen molar-refractivity contribution in [3.63, 3.8) is 0 Å². The van der Waals surface area contributed by atoms with Crippen LogP contribution < -0.4 is 5.32 Å². The van der Waals surface area contributed by atoms with E-state index in [0.717, 1.165) is 13.2 Å². The molecule has 8 heteroatoms. The standard InChI is InChI=1S/C11H9F4NO3/c1-19-9(17)5-16-10(18)6-2-3-8(12)7(4-6)11(13,14)15/h2-4H,5H2,1H3,(H,16,18). The largest absolute Gasteiger partial charge is 0.468 e. The number of alkyl halides is 3. The van der Waals surface area contributed by atoms with Gasteiger partial charge < -0.3 is 10.1 Å². The van der Waals surface area contributed by atoms with Crippen molar-refractivity contribution < 1.29 is 31.9 Å². The van der Waals surface area contributed by atoms with E-state index in [1.54, 1.807) is 0 Å². The van der Waals surface area contributed by atoms with Crippen LogP contribution in [0.1, 0.15) is 15.9 Å². The van der Waals surface area contributed by atoms with Crippen LogP contribution in [0.25, 0.3) is 0 Å². The van der Waals surface area contributed by atoms with E-state index in [1.807, 2.05) is 5.32 Å². The predicted molar refractivity (Wildman–Crippen MR) is 55.8 cm³/mol. The zero-order chi connectivity index (χ0) is 14.6. The van der Waals surface area contributed by atoms with E-state index >= 15 is 0 Å². The highest BCUT2D eigenvalue weighted by Gasteiger charge is 2.34. The molecule has 0 aliphatic heterocycles. The molecule has 1 aromatic carbocycles. The molecule has 0 atom stereocenters. The molecule has 0 aromatic heterocycles. The van der Waals surface area contributed by atoms with Crippen molar-refractivity contribution in [2.75, 3.05) is 13.7 Å². The minimum atomic E-state index is -4.90. The molecule has 104 valence electrons. The van der Waals surface area contributed by atoms with Crippen LogP contribution >= 0.6 is 0 Å². The Morgan fingerprint density at radius 2 is 1.95 bits per heavy atom. The number of rotatable bonds is 3. The Morgan fingerprint density at radius 3 is 2.47 bits per heavy atom. The average molecular weight is 279 g/mol. The van der Waals surface area contributed by atoms with E-state index in [4.69, 9.17) is 0 Å². The maximum atomic E-state index is 13.0. The Kier molecular flexibility index (Phi) is 4.47. The van der Waals surface area contributed by atoms with Crippen LogP contribution in [0.3, 0.4) is 0 Å². The normalized spacial score (nSPS) is 11.0. The summed E-state index contributed by atoms with van der Waals surface area (Å²) in [5, 5.41) is 2.04. The maximum absolute atomic E-state index is 13.0. The summed E-state index contributed by atoms with van der Waals surface area (Å²) in [4.78, 5) is 22.2. The average Bonchev–Trinajstić information content (AvgIpc) is 2.34. The molecule has 0 saturated heterocycles. The van der Waals surface area contributed by atoms with Crippen molar-refractivity contribution in [2.24, 2.45) is 0 Å². The first-order valence-corrected chi connectivity index (χ1v) is 4.97. The fourth-order valence-corrected chi connectivity index (χ4v) is 1.21. The second-order valence-electron chi connectivity index (χ2n) is 3.45. The highest BCUT2D eigenvalue weighted by atomic mass is 19.4. The van der Waals surface area contributed by atoms with Gasteiger partial charge in [0.2, 0.25) is 0 Å². The van der Waals surface area contributed by atoms with Crippen molar-refractivity contribution in [3.8, 4) is 0 Å². The minimum absolute atomic E-state index is 0.377. The quantitative estimate of drug-likeness (QED) is 0.677. The molecule has 0 aliphatic rings. The second kappa shape index (κ2) is 5.68. The molecule has 1 amide bonds. The first-order valence-electron chi connectivity index (χ1n) is 4.97. The Bertz CT molecular complexity index is 499. The topological polar surface area (TPSA) is 55.4 Å². The maximum Gasteiger partial charge on any atom is 0.419 e. The summed E-state index contributed by atoms with van der Waals surface area (Å²) in [5.74, 6) is -3.17. The summed E-state index contributed by atoms with van der Waals surface area (Å²) in [6, 6.07) is 1.80. The molecule has 0 spiro atoms. The molecule has 1 aromatic rings. The molecule has 4 nitrogen and oxygen atoms in total. The van der Waals surface area contributed by atoms with Gasteiger partial charge in [-0.05, 0) is 18.2 Å². The van der Waals surface area contributed by atoms with E-state index < -0.39 is 41.5 Å². The van der Waals surface area contributed by atoms with Crippen LogP contribution in [0.4, 0.5) is 17.6 Å². The van der Waals surface area contributed by atoms with Gasteiger partial charge in [0.15, 0.2) is 0 Å². The van der Waals surface area contributed by atoms with Crippen LogP contribution in [0, 0.1) is 5.82 Å². The van der Waals surface area contributed by atoms with Gasteiger partial charge in [0, 0.05) is 5.56 Å². The van der Waals surface area contributed by atoms with Gasteiger partial charge in [-0.2, -0.15) is 13.2 Å². The lowest BCUT2D eigenvalue weighted by atomic mass is 10.1. The van der Waals surface area contributed by atoms with E-state index in [9.17, 15) is 27.2 Å². The molecular formula is C11H9F4NO3. The molecule has 1 N–H and O–H groups in total. The molecule has 0 unspecified atom stereocenters. The van der Waals surface area contributed by atoms with Crippen LogP contribution in [-0.2, 0) is 15.7 Å². The number of esters is 1. The number of methoxy groups -OCH3 is 1. The third-order valence-electron chi connectivity index (χ3n) is 2.15. The fourth-order valence-electron chi connectivity index (χ4n) is 1.21. The summed E-state index contributed by atoms with van der Waals surface area (Å²) < 4.78 is 54.5. The smallest absolute Gasteiger partial charge is 0.419 e. The van der Waals surface area contributed by atoms with Crippen molar-refractivity contribution in [2.45, 2.75) is 6.18 Å². The molecular weight excluding hydrogens is 270 g/mol. The van der Waals surface area contributed by atoms with E-state index in [2.05, 4.69) is 4.74 Å².